The zero-order valence-electron chi connectivity index (χ0n) is 23.2. The van der Waals surface area contributed by atoms with Crippen molar-refractivity contribution in [2.24, 2.45) is 0 Å². The summed E-state index contributed by atoms with van der Waals surface area (Å²) in [7, 11) is 12.8. The SMILES string of the molecule is CC1=Cc2c(-c3ccccc3)cccc2[CH]1[Zr]([Cl])([Cl])[CH]1C(C)=Cc2c(-c3ccccc3)cccc21.C[Si](C)(O)O. The maximum atomic E-state index is 8.22. The van der Waals surface area contributed by atoms with Crippen molar-refractivity contribution in [3.05, 3.63) is 130 Å². The maximum Gasteiger partial charge on any atom is 0.326 e. The Labute approximate surface area is 250 Å². The van der Waals surface area contributed by atoms with Crippen molar-refractivity contribution < 1.29 is 27.5 Å². The van der Waals surface area contributed by atoms with Crippen LogP contribution in [0.3, 0.4) is 0 Å². The fraction of sp³-hybridized carbons (Fsp3) is 0.176. The number of rotatable bonds is 4. The van der Waals surface area contributed by atoms with Gasteiger partial charge < -0.3 is 9.59 Å². The Hall–Kier alpha value is -2.04. The van der Waals surface area contributed by atoms with E-state index in [1.54, 1.807) is 0 Å². The number of allylic oxidation sites excluding steroid dienone is 2. The molecule has 2 atom stereocenters. The summed E-state index contributed by atoms with van der Waals surface area (Å²) in [4.78, 5) is 16.4. The summed E-state index contributed by atoms with van der Waals surface area (Å²) in [5.41, 5.74) is 12.7. The van der Waals surface area contributed by atoms with Gasteiger partial charge >= 0.3 is 229 Å². The van der Waals surface area contributed by atoms with Crippen molar-refractivity contribution in [3.8, 4) is 22.3 Å². The van der Waals surface area contributed by atoms with Crippen LogP contribution in [0, 0.1) is 0 Å². The summed E-state index contributed by atoms with van der Waals surface area (Å²) in [6.07, 6.45) is 4.65. The van der Waals surface area contributed by atoms with E-state index in [9.17, 15) is 0 Å². The van der Waals surface area contributed by atoms with Crippen LogP contribution in [0.2, 0.25) is 13.1 Å². The second-order valence-electron chi connectivity index (χ2n) is 11.2. The first kappa shape index (κ1) is 29.5. The van der Waals surface area contributed by atoms with E-state index in [1.165, 1.54) is 68.7 Å². The number of benzene rings is 4. The Balaban J connectivity index is 0.000000595. The predicted molar refractivity (Wildman–Crippen MR) is 170 cm³/mol. The quantitative estimate of drug-likeness (QED) is 0.213. The van der Waals surface area contributed by atoms with Gasteiger partial charge in [0.15, 0.2) is 0 Å². The van der Waals surface area contributed by atoms with Gasteiger partial charge in [0.2, 0.25) is 0 Å². The molecule has 0 radical (unpaired) electrons. The van der Waals surface area contributed by atoms with Gasteiger partial charge in [-0.05, 0) is 13.1 Å². The van der Waals surface area contributed by atoms with Crippen molar-refractivity contribution in [2.75, 3.05) is 0 Å². The third-order valence-corrected chi connectivity index (χ3v) is 20.2. The zero-order chi connectivity index (χ0) is 28.7. The minimum Gasteiger partial charge on any atom is -0.411 e. The molecule has 0 spiro atoms. The Kier molecular flexibility index (Phi) is 8.60. The van der Waals surface area contributed by atoms with Crippen LogP contribution < -0.4 is 0 Å². The molecule has 6 rings (SSSR count). The Bertz CT molecular complexity index is 1470. The number of hydrogen-bond acceptors (Lipinski definition) is 2. The van der Waals surface area contributed by atoms with Gasteiger partial charge in [0.05, 0.1) is 0 Å². The first-order valence-electron chi connectivity index (χ1n) is 13.5. The molecule has 4 aromatic rings. The summed E-state index contributed by atoms with van der Waals surface area (Å²) in [5, 5.41) is 0. The summed E-state index contributed by atoms with van der Waals surface area (Å²) < 4.78 is 0.233. The third-order valence-electron chi connectivity index (χ3n) is 7.50. The largest absolute Gasteiger partial charge is 0.411 e. The molecule has 0 fully saturated rings. The summed E-state index contributed by atoms with van der Waals surface area (Å²) >= 11 is -3.87. The van der Waals surface area contributed by atoms with Crippen molar-refractivity contribution in [2.45, 2.75) is 34.2 Å². The van der Waals surface area contributed by atoms with Crippen molar-refractivity contribution in [3.63, 3.8) is 0 Å². The third kappa shape index (κ3) is 5.95. The fourth-order valence-corrected chi connectivity index (χ4v) is 20.4. The predicted octanol–water partition coefficient (Wildman–Crippen LogP) is 9.77. The van der Waals surface area contributed by atoms with Crippen molar-refractivity contribution in [1.29, 1.82) is 0 Å². The van der Waals surface area contributed by atoms with E-state index >= 15 is 0 Å². The van der Waals surface area contributed by atoms with E-state index in [-0.39, 0.29) is 7.25 Å². The molecule has 0 saturated carbocycles. The Morgan fingerprint density at radius 3 is 1.27 bits per heavy atom. The van der Waals surface area contributed by atoms with E-state index in [2.05, 4.69) is 123 Å². The first-order chi connectivity index (χ1) is 19.0. The standard InChI is InChI=1S/2C16H13.C2H8O2Si.2ClH.Zr/c2*1-12-10-14-8-5-9-15(16(14)11-12)13-6-3-2-4-7-13;1-5(2,3)4;;;/h2*2-11H,1H3;3-4H,1-2H3;2*1H;/q;;;;;+2/p-2. The molecule has 2 aliphatic rings. The van der Waals surface area contributed by atoms with E-state index in [4.69, 9.17) is 26.6 Å². The normalized spacial score (nSPS) is 17.8. The van der Waals surface area contributed by atoms with Crippen LogP contribution in [0.1, 0.15) is 43.4 Å². The van der Waals surface area contributed by atoms with E-state index in [0.29, 0.717) is 0 Å². The molecule has 0 saturated heterocycles. The minimum absolute atomic E-state index is 0.117. The molecule has 2 aliphatic carbocycles. The minimum atomic E-state index is -3.87. The van der Waals surface area contributed by atoms with Gasteiger partial charge in [-0.1, -0.05) is 0 Å². The van der Waals surface area contributed by atoms with Gasteiger partial charge in [-0.15, -0.1) is 0 Å². The maximum absolute atomic E-state index is 8.22. The average Bonchev–Trinajstić information content (AvgIpc) is 3.44. The average molecular weight is 665 g/mol. The molecule has 2 N–H and O–H groups in total. The molecule has 0 aromatic heterocycles. The van der Waals surface area contributed by atoms with Gasteiger partial charge in [0.1, 0.15) is 0 Å². The van der Waals surface area contributed by atoms with Crippen LogP contribution in [0.4, 0.5) is 0 Å². The molecule has 40 heavy (non-hydrogen) atoms. The van der Waals surface area contributed by atoms with E-state index in [0.717, 1.165) is 0 Å². The topological polar surface area (TPSA) is 40.5 Å². The zero-order valence-corrected chi connectivity index (χ0v) is 28.2. The molecule has 4 aromatic carbocycles. The van der Waals surface area contributed by atoms with Gasteiger partial charge in [0.25, 0.3) is 0 Å². The van der Waals surface area contributed by atoms with E-state index < -0.39 is 26.4 Å². The first-order valence-corrected chi connectivity index (χ1v) is 25.6. The second kappa shape index (κ2) is 11.7. The number of hydrogen-bond donors (Lipinski definition) is 2. The molecule has 0 bridgehead atoms. The molecule has 2 unspecified atom stereocenters. The molecular formula is C34H34Cl2O2SiZr. The number of fused-ring (bicyclic) bond motifs is 2. The monoisotopic (exact) mass is 662 g/mol. The molecule has 0 amide bonds. The van der Waals surface area contributed by atoms with Crippen LogP contribution >= 0.6 is 17.0 Å². The summed E-state index contributed by atoms with van der Waals surface area (Å²) in [6.45, 7) is 7.30. The van der Waals surface area contributed by atoms with Crippen LogP contribution in [0.5, 0.6) is 0 Å². The molecule has 0 aliphatic heterocycles. The van der Waals surface area contributed by atoms with Gasteiger partial charge in [-0.25, -0.2) is 0 Å². The number of halogens is 2. The van der Waals surface area contributed by atoms with Crippen LogP contribution in [0.15, 0.2) is 108 Å². The van der Waals surface area contributed by atoms with Gasteiger partial charge in [-0.3, -0.25) is 0 Å². The molecule has 204 valence electrons. The fourth-order valence-electron chi connectivity index (χ4n) is 6.03. The molecule has 0 heterocycles. The van der Waals surface area contributed by atoms with Crippen LogP contribution in [0.25, 0.3) is 34.4 Å². The van der Waals surface area contributed by atoms with Crippen LogP contribution in [-0.4, -0.2) is 18.2 Å². The smallest absolute Gasteiger partial charge is 0.326 e. The van der Waals surface area contributed by atoms with Gasteiger partial charge in [0, 0.05) is 0 Å². The molecular weight excluding hydrogens is 631 g/mol. The van der Waals surface area contributed by atoms with Gasteiger partial charge in [-0.2, -0.15) is 0 Å². The van der Waals surface area contributed by atoms with E-state index in [1.807, 2.05) is 0 Å². The van der Waals surface area contributed by atoms with Crippen LogP contribution in [-0.2, 0) is 17.9 Å². The molecule has 6 heteroatoms. The van der Waals surface area contributed by atoms with Crippen molar-refractivity contribution in [1.82, 2.24) is 0 Å². The second-order valence-corrected chi connectivity index (χ2v) is 28.8. The summed E-state index contributed by atoms with van der Waals surface area (Å²) in [5.74, 6) is 0. The van der Waals surface area contributed by atoms with Crippen molar-refractivity contribution >= 4 is 37.7 Å². The summed E-state index contributed by atoms with van der Waals surface area (Å²) in [6, 6.07) is 34.4. The Morgan fingerprint density at radius 2 is 0.925 bits per heavy atom. The molecule has 2 nitrogen and oxygen atoms in total. The Morgan fingerprint density at radius 1 is 0.575 bits per heavy atom.